The summed E-state index contributed by atoms with van der Waals surface area (Å²) in [6.07, 6.45) is 10.1. The number of fused-ring (bicyclic) bond motifs is 2. The van der Waals surface area contributed by atoms with E-state index in [4.69, 9.17) is 9.84 Å². The van der Waals surface area contributed by atoms with E-state index in [0.717, 1.165) is 86.1 Å². The van der Waals surface area contributed by atoms with Crippen molar-refractivity contribution in [2.24, 2.45) is 5.92 Å². The van der Waals surface area contributed by atoms with Gasteiger partial charge in [0.1, 0.15) is 17.5 Å². The molecule has 0 bridgehead atoms. The molecule has 0 spiro atoms. The van der Waals surface area contributed by atoms with Gasteiger partial charge in [0.25, 0.3) is 11.8 Å². The van der Waals surface area contributed by atoms with Gasteiger partial charge in [0.15, 0.2) is 5.65 Å². The first-order valence-corrected chi connectivity index (χ1v) is 20.3. The highest BCUT2D eigenvalue weighted by Gasteiger charge is 2.30. The van der Waals surface area contributed by atoms with Crippen LogP contribution >= 0.6 is 0 Å². The maximum absolute atomic E-state index is 13.5. The van der Waals surface area contributed by atoms with Crippen LogP contribution in [0.5, 0.6) is 5.75 Å². The van der Waals surface area contributed by atoms with Crippen molar-refractivity contribution in [3.63, 3.8) is 0 Å². The number of carbonyl (C=O) groups is 4. The third-order valence-electron chi connectivity index (χ3n) is 11.9. The number of anilines is 2. The van der Waals surface area contributed by atoms with Gasteiger partial charge >= 0.3 is 0 Å². The van der Waals surface area contributed by atoms with Crippen LogP contribution in [-0.2, 0) is 9.59 Å². The number of nitrogens with zero attached hydrogens (tertiary/aromatic N) is 7. The Balaban J connectivity index is 0.803. The van der Waals surface area contributed by atoms with E-state index in [-0.39, 0.29) is 30.7 Å². The number of ether oxygens (including phenoxy) is 1. The van der Waals surface area contributed by atoms with Gasteiger partial charge in [0.2, 0.25) is 11.8 Å². The van der Waals surface area contributed by atoms with Crippen LogP contribution in [0.15, 0.2) is 91.4 Å². The molecule has 0 aliphatic carbocycles. The van der Waals surface area contributed by atoms with Crippen LogP contribution in [0, 0.1) is 5.92 Å². The topological polar surface area (TPSA) is 168 Å². The molecule has 9 rings (SSSR count). The Labute approximate surface area is 340 Å². The van der Waals surface area contributed by atoms with Gasteiger partial charge in [-0.2, -0.15) is 10.2 Å². The molecule has 4 amide bonds. The molecule has 0 radical (unpaired) electrons. The first kappa shape index (κ1) is 37.9. The summed E-state index contributed by atoms with van der Waals surface area (Å²) in [6.45, 7) is 4.90. The number of benzene rings is 3. The number of rotatable bonds is 10. The molecule has 59 heavy (non-hydrogen) atoms. The fourth-order valence-electron chi connectivity index (χ4n) is 8.60. The summed E-state index contributed by atoms with van der Waals surface area (Å²) in [6, 6.07) is 22.7. The number of piperidine rings is 3. The van der Waals surface area contributed by atoms with Gasteiger partial charge in [-0.05, 0) is 80.0 Å². The zero-order valence-corrected chi connectivity index (χ0v) is 32.8. The second kappa shape index (κ2) is 16.3. The molecule has 3 fully saturated rings. The molecule has 0 saturated carbocycles. The predicted octanol–water partition coefficient (Wildman–Crippen LogP) is 5.10. The Morgan fingerprint density at radius 1 is 0.881 bits per heavy atom. The number of hydrogen-bond acceptors (Lipinski definition) is 10. The molecule has 3 N–H and O–H groups in total. The average molecular weight is 795 g/mol. The zero-order chi connectivity index (χ0) is 40.5. The normalized spacial score (nSPS) is 18.3. The lowest BCUT2D eigenvalue weighted by atomic mass is 9.94. The van der Waals surface area contributed by atoms with Gasteiger partial charge in [-0.3, -0.25) is 29.2 Å². The molecule has 3 aliphatic heterocycles. The maximum Gasteiger partial charge on any atom is 0.276 e. The fraction of sp³-hybridized carbons (Fsp3) is 0.341. The van der Waals surface area contributed by atoms with Crippen molar-refractivity contribution < 1.29 is 23.9 Å². The third-order valence-corrected chi connectivity index (χ3v) is 11.9. The number of nitrogens with one attached hydrogen (secondary N) is 3. The van der Waals surface area contributed by atoms with E-state index in [1.807, 2.05) is 48.5 Å². The van der Waals surface area contributed by atoms with Gasteiger partial charge in [-0.1, -0.05) is 30.3 Å². The summed E-state index contributed by atoms with van der Waals surface area (Å²) in [5, 5.41) is 18.6. The van der Waals surface area contributed by atoms with Crippen LogP contribution in [-0.4, -0.2) is 98.8 Å². The summed E-state index contributed by atoms with van der Waals surface area (Å²) in [5.74, 6) is -0.471. The van der Waals surface area contributed by atoms with E-state index in [9.17, 15) is 19.2 Å². The van der Waals surface area contributed by atoms with E-state index >= 15 is 0 Å². The highest BCUT2D eigenvalue weighted by atomic mass is 16.5. The third kappa shape index (κ3) is 8.10. The van der Waals surface area contributed by atoms with E-state index in [1.165, 1.54) is 7.11 Å². The largest absolute Gasteiger partial charge is 0.496 e. The number of amides is 4. The van der Waals surface area contributed by atoms with Crippen molar-refractivity contribution in [2.75, 3.05) is 50.1 Å². The molecule has 3 aromatic heterocycles. The Bertz CT molecular complexity index is 2540. The summed E-state index contributed by atoms with van der Waals surface area (Å²) in [5.41, 5.74) is 5.80. The van der Waals surface area contributed by atoms with Crippen LogP contribution in [0.2, 0.25) is 0 Å². The van der Waals surface area contributed by atoms with E-state index in [1.54, 1.807) is 35.1 Å². The number of imide groups is 1. The quantitative estimate of drug-likeness (QED) is 0.159. The predicted molar refractivity (Wildman–Crippen MR) is 222 cm³/mol. The average Bonchev–Trinajstić information content (AvgIpc) is 3.92. The van der Waals surface area contributed by atoms with Crippen LogP contribution in [0.1, 0.15) is 65.4 Å². The van der Waals surface area contributed by atoms with Crippen LogP contribution in [0.4, 0.5) is 11.4 Å². The second-order valence-electron chi connectivity index (χ2n) is 15.7. The van der Waals surface area contributed by atoms with Gasteiger partial charge in [-0.25, -0.2) is 9.50 Å². The minimum absolute atomic E-state index is 0.192. The number of aromatic nitrogens is 5. The van der Waals surface area contributed by atoms with E-state index in [2.05, 4.69) is 52.8 Å². The van der Waals surface area contributed by atoms with Crippen molar-refractivity contribution in [3.8, 4) is 16.9 Å². The van der Waals surface area contributed by atoms with Gasteiger partial charge < -0.3 is 25.2 Å². The first-order valence-electron chi connectivity index (χ1n) is 20.3. The number of likely N-dealkylation sites (tertiary alicyclic amines) is 1. The molecule has 15 heteroatoms. The Morgan fingerprint density at radius 3 is 2.47 bits per heavy atom. The number of methoxy groups -OCH3 is 1. The van der Waals surface area contributed by atoms with E-state index < -0.39 is 17.9 Å². The molecule has 3 aromatic carbocycles. The minimum Gasteiger partial charge on any atom is -0.496 e. The molecular weight excluding hydrogens is 749 g/mol. The maximum atomic E-state index is 13.5. The monoisotopic (exact) mass is 794 g/mol. The smallest absolute Gasteiger partial charge is 0.276 e. The first-order chi connectivity index (χ1) is 28.8. The zero-order valence-electron chi connectivity index (χ0n) is 32.8. The molecule has 3 saturated heterocycles. The minimum atomic E-state index is -0.751. The van der Waals surface area contributed by atoms with Crippen LogP contribution in [0.3, 0.4) is 0 Å². The molecule has 6 aromatic rings. The summed E-state index contributed by atoms with van der Waals surface area (Å²) in [4.78, 5) is 59.3. The van der Waals surface area contributed by atoms with Crippen molar-refractivity contribution in [2.45, 2.75) is 50.6 Å². The highest BCUT2D eigenvalue weighted by Crippen LogP contribution is 2.35. The Morgan fingerprint density at radius 2 is 1.69 bits per heavy atom. The summed E-state index contributed by atoms with van der Waals surface area (Å²) >= 11 is 0. The lowest BCUT2D eigenvalue weighted by Crippen LogP contribution is -2.52. The Hall–Kier alpha value is -6.61. The highest BCUT2D eigenvalue weighted by molar-refractivity contribution is 6.07. The van der Waals surface area contributed by atoms with Crippen molar-refractivity contribution in [3.05, 3.63) is 103 Å². The molecule has 302 valence electrons. The van der Waals surface area contributed by atoms with Gasteiger partial charge in [0, 0.05) is 86.1 Å². The fourth-order valence-corrected chi connectivity index (χ4v) is 8.60. The second-order valence-corrected chi connectivity index (χ2v) is 15.7. The van der Waals surface area contributed by atoms with Crippen molar-refractivity contribution in [1.82, 2.24) is 39.9 Å². The van der Waals surface area contributed by atoms with Gasteiger partial charge in [-0.15, -0.1) is 0 Å². The molecule has 6 heterocycles. The molecule has 3 aliphatic rings. The van der Waals surface area contributed by atoms with Crippen molar-refractivity contribution in [1.29, 1.82) is 0 Å². The molecule has 15 nitrogen and oxygen atoms in total. The van der Waals surface area contributed by atoms with Crippen LogP contribution in [0.25, 0.3) is 27.7 Å². The molecule has 1 unspecified atom stereocenters. The summed E-state index contributed by atoms with van der Waals surface area (Å²) < 4.78 is 9.31. The molecule has 1 atom stereocenters. The number of carbonyl (C=O) groups excluding carboxylic acids is 4. The molecular formula is C44H46N10O5. The van der Waals surface area contributed by atoms with Crippen molar-refractivity contribution >= 4 is 51.6 Å². The lowest BCUT2D eigenvalue weighted by Gasteiger charge is -2.38. The van der Waals surface area contributed by atoms with Crippen LogP contribution < -0.4 is 25.6 Å². The summed E-state index contributed by atoms with van der Waals surface area (Å²) in [7, 11) is 1.54. The van der Waals surface area contributed by atoms with E-state index in [0.29, 0.717) is 34.3 Å². The lowest BCUT2D eigenvalue weighted by molar-refractivity contribution is -0.134. The SMILES string of the molecule is COc1cc(N2CCC(CN3CCC(n4cc5cc(NC(=O)c6ccc7nccn7n6)c(-c6ccccc6)cc5n4)CC3)CC2)ccc1C(=O)NC1CCC(=O)NC1=O. The van der Waals surface area contributed by atoms with Gasteiger partial charge in [0.05, 0.1) is 24.2 Å². The number of hydrogen-bond donors (Lipinski definition) is 3. The standard InChI is InChI=1S/C44H46N10O5/c1-59-39-24-32(7-8-33(39)42(56)46-35-10-12-41(55)48-43(35)57)52-20-13-28(14-21-52)26-51-18-15-31(16-19-51)54-27-30-23-38(34(25-37(30)50-54)29-5-3-2-4-6-29)47-44(58)36-9-11-40-45-17-22-53(40)49-36/h2-9,11,17,22-25,27-28,31,35H,10,12-16,18-21,26H2,1H3,(H,46,56)(H,47,58)(H,48,55,57). The number of imidazole rings is 1. The Kier molecular flexibility index (Phi) is 10.5.